The van der Waals surface area contributed by atoms with Gasteiger partial charge in [0.1, 0.15) is 12.4 Å². The molecule has 4 nitrogen and oxygen atoms in total. The van der Waals surface area contributed by atoms with Crippen LogP contribution in [0.4, 0.5) is 10.1 Å². The summed E-state index contributed by atoms with van der Waals surface area (Å²) in [5.74, 6) is -0.514. The van der Waals surface area contributed by atoms with Crippen LogP contribution in [0.25, 0.3) is 0 Å². The summed E-state index contributed by atoms with van der Waals surface area (Å²) in [6.45, 7) is 3.92. The second-order valence-electron chi connectivity index (χ2n) is 4.14. The third kappa shape index (κ3) is 2.94. The van der Waals surface area contributed by atoms with Gasteiger partial charge in [0, 0.05) is 11.4 Å². The zero-order valence-corrected chi connectivity index (χ0v) is 10.3. The third-order valence-electron chi connectivity index (χ3n) is 2.52. The van der Waals surface area contributed by atoms with Gasteiger partial charge in [0.15, 0.2) is 0 Å². The molecule has 2 rings (SSSR count). The quantitative estimate of drug-likeness (QED) is 0.904. The van der Waals surface area contributed by atoms with E-state index in [1.165, 1.54) is 24.3 Å². The molecular formula is C13H14FN3O. The van der Waals surface area contributed by atoms with Crippen molar-refractivity contribution in [1.29, 1.82) is 0 Å². The summed E-state index contributed by atoms with van der Waals surface area (Å²) < 4.78 is 14.3. The number of rotatable bonds is 3. The fourth-order valence-corrected chi connectivity index (χ4v) is 1.70. The van der Waals surface area contributed by atoms with Crippen LogP contribution in [0.2, 0.25) is 0 Å². The Labute approximate surface area is 104 Å². The highest BCUT2D eigenvalue weighted by Gasteiger charge is 2.07. The van der Waals surface area contributed by atoms with Crippen molar-refractivity contribution >= 4 is 11.6 Å². The summed E-state index contributed by atoms with van der Waals surface area (Å²) in [6, 6.07) is 7.56. The standard InChI is InChI=1S/C13H14FN3O/c1-9-7-10(2)17(16-9)8-13(18)15-12-5-3-11(14)4-6-12/h3-7H,8H2,1-2H3,(H,15,18). The minimum absolute atomic E-state index is 0.150. The third-order valence-corrected chi connectivity index (χ3v) is 2.52. The fraction of sp³-hybridized carbons (Fsp3) is 0.231. The number of carbonyl (C=O) groups is 1. The Bertz CT molecular complexity index is 560. The van der Waals surface area contributed by atoms with E-state index in [0.717, 1.165) is 11.4 Å². The van der Waals surface area contributed by atoms with Crippen LogP contribution in [0.15, 0.2) is 30.3 Å². The average Bonchev–Trinajstić information content (AvgIpc) is 2.61. The molecule has 1 heterocycles. The zero-order valence-electron chi connectivity index (χ0n) is 10.3. The molecule has 0 aliphatic heterocycles. The summed E-state index contributed by atoms with van der Waals surface area (Å²) in [7, 11) is 0. The molecule has 5 heteroatoms. The second kappa shape index (κ2) is 5.00. The number of halogens is 1. The van der Waals surface area contributed by atoms with Crippen molar-refractivity contribution in [2.24, 2.45) is 0 Å². The Hall–Kier alpha value is -2.17. The number of nitrogens with one attached hydrogen (secondary N) is 1. The van der Waals surface area contributed by atoms with Gasteiger partial charge in [-0.15, -0.1) is 0 Å². The largest absolute Gasteiger partial charge is 0.324 e. The number of anilines is 1. The minimum atomic E-state index is -0.327. The minimum Gasteiger partial charge on any atom is -0.324 e. The molecule has 1 aromatic carbocycles. The highest BCUT2D eigenvalue weighted by molar-refractivity contribution is 5.90. The molecule has 0 saturated heterocycles. The molecular weight excluding hydrogens is 233 g/mol. The van der Waals surface area contributed by atoms with Crippen LogP contribution in [-0.2, 0) is 11.3 Å². The number of nitrogens with zero attached hydrogens (tertiary/aromatic N) is 2. The summed E-state index contributed by atoms with van der Waals surface area (Å²) in [6.07, 6.45) is 0. The molecule has 0 saturated carbocycles. The molecule has 0 aliphatic carbocycles. The van der Waals surface area contributed by atoms with Crippen LogP contribution < -0.4 is 5.32 Å². The number of aryl methyl sites for hydroxylation is 2. The lowest BCUT2D eigenvalue weighted by molar-refractivity contribution is -0.116. The van der Waals surface area contributed by atoms with E-state index in [4.69, 9.17) is 0 Å². The Morgan fingerprint density at radius 1 is 1.33 bits per heavy atom. The number of carbonyl (C=O) groups excluding carboxylic acids is 1. The maximum absolute atomic E-state index is 12.7. The smallest absolute Gasteiger partial charge is 0.246 e. The molecule has 0 aliphatic rings. The molecule has 2 aromatic rings. The van der Waals surface area contributed by atoms with Gasteiger partial charge in [-0.3, -0.25) is 9.48 Å². The van der Waals surface area contributed by atoms with Crippen molar-refractivity contribution < 1.29 is 9.18 Å². The first kappa shape index (κ1) is 12.3. The lowest BCUT2D eigenvalue weighted by atomic mass is 10.3. The predicted octanol–water partition coefficient (Wildman–Crippen LogP) is 2.28. The van der Waals surface area contributed by atoms with E-state index >= 15 is 0 Å². The van der Waals surface area contributed by atoms with Crippen molar-refractivity contribution in [3.05, 3.63) is 47.5 Å². The fourth-order valence-electron chi connectivity index (χ4n) is 1.70. The Kier molecular flexibility index (Phi) is 3.41. The van der Waals surface area contributed by atoms with Crippen molar-refractivity contribution in [2.75, 3.05) is 5.32 Å². The molecule has 0 bridgehead atoms. The first-order valence-electron chi connectivity index (χ1n) is 5.61. The SMILES string of the molecule is Cc1cc(C)n(CC(=O)Nc2ccc(F)cc2)n1. The average molecular weight is 247 g/mol. The van der Waals surface area contributed by atoms with Crippen LogP contribution in [-0.4, -0.2) is 15.7 Å². The second-order valence-corrected chi connectivity index (χ2v) is 4.14. The number of hydrogen-bond donors (Lipinski definition) is 1. The maximum atomic E-state index is 12.7. The van der Waals surface area contributed by atoms with E-state index < -0.39 is 0 Å². The van der Waals surface area contributed by atoms with Crippen LogP contribution in [0, 0.1) is 19.7 Å². The molecule has 0 fully saturated rings. The van der Waals surface area contributed by atoms with Crippen molar-refractivity contribution in [3.63, 3.8) is 0 Å². The molecule has 0 atom stereocenters. The number of amides is 1. The van der Waals surface area contributed by atoms with E-state index in [1.807, 2.05) is 19.9 Å². The number of benzene rings is 1. The van der Waals surface area contributed by atoms with E-state index in [0.29, 0.717) is 5.69 Å². The van der Waals surface area contributed by atoms with Gasteiger partial charge in [0.05, 0.1) is 5.69 Å². The van der Waals surface area contributed by atoms with E-state index in [-0.39, 0.29) is 18.3 Å². The summed E-state index contributed by atoms with van der Waals surface area (Å²) >= 11 is 0. The molecule has 18 heavy (non-hydrogen) atoms. The Morgan fingerprint density at radius 3 is 2.56 bits per heavy atom. The maximum Gasteiger partial charge on any atom is 0.246 e. The molecule has 0 spiro atoms. The molecule has 1 N–H and O–H groups in total. The van der Waals surface area contributed by atoms with Gasteiger partial charge in [0.2, 0.25) is 5.91 Å². The summed E-state index contributed by atoms with van der Waals surface area (Å²) in [5, 5.41) is 6.89. The van der Waals surface area contributed by atoms with Crippen molar-refractivity contribution in [1.82, 2.24) is 9.78 Å². The molecule has 1 aromatic heterocycles. The normalized spacial score (nSPS) is 10.4. The van der Waals surface area contributed by atoms with E-state index in [1.54, 1.807) is 4.68 Å². The first-order chi connectivity index (χ1) is 8.54. The number of aromatic nitrogens is 2. The molecule has 1 amide bonds. The van der Waals surface area contributed by atoms with Gasteiger partial charge in [0.25, 0.3) is 0 Å². The van der Waals surface area contributed by atoms with Crippen LogP contribution in [0.1, 0.15) is 11.4 Å². The monoisotopic (exact) mass is 247 g/mol. The van der Waals surface area contributed by atoms with Gasteiger partial charge in [-0.25, -0.2) is 4.39 Å². The lowest BCUT2D eigenvalue weighted by Crippen LogP contribution is -2.20. The molecule has 0 radical (unpaired) electrons. The Balaban J connectivity index is 2.01. The predicted molar refractivity (Wildman–Crippen MR) is 66.7 cm³/mol. The Morgan fingerprint density at radius 2 is 2.00 bits per heavy atom. The topological polar surface area (TPSA) is 46.9 Å². The highest BCUT2D eigenvalue weighted by atomic mass is 19.1. The van der Waals surface area contributed by atoms with Gasteiger partial charge in [-0.2, -0.15) is 5.10 Å². The number of hydrogen-bond acceptors (Lipinski definition) is 2. The van der Waals surface area contributed by atoms with Gasteiger partial charge >= 0.3 is 0 Å². The van der Waals surface area contributed by atoms with Gasteiger partial charge in [-0.05, 0) is 44.2 Å². The zero-order chi connectivity index (χ0) is 13.1. The summed E-state index contributed by atoms with van der Waals surface area (Å²) in [4.78, 5) is 11.8. The van der Waals surface area contributed by atoms with Crippen LogP contribution >= 0.6 is 0 Å². The van der Waals surface area contributed by atoms with Crippen molar-refractivity contribution in [3.8, 4) is 0 Å². The van der Waals surface area contributed by atoms with Crippen LogP contribution in [0.5, 0.6) is 0 Å². The van der Waals surface area contributed by atoms with Gasteiger partial charge in [-0.1, -0.05) is 0 Å². The van der Waals surface area contributed by atoms with Crippen molar-refractivity contribution in [2.45, 2.75) is 20.4 Å². The molecule has 0 unspecified atom stereocenters. The van der Waals surface area contributed by atoms with Crippen LogP contribution in [0.3, 0.4) is 0 Å². The summed E-state index contributed by atoms with van der Waals surface area (Å²) in [5.41, 5.74) is 2.38. The first-order valence-corrected chi connectivity index (χ1v) is 5.61. The van der Waals surface area contributed by atoms with E-state index in [2.05, 4.69) is 10.4 Å². The van der Waals surface area contributed by atoms with E-state index in [9.17, 15) is 9.18 Å². The molecule has 94 valence electrons. The van der Waals surface area contributed by atoms with Gasteiger partial charge < -0.3 is 5.32 Å². The lowest BCUT2D eigenvalue weighted by Gasteiger charge is -2.06. The highest BCUT2D eigenvalue weighted by Crippen LogP contribution is 2.08.